The molecule has 0 fully saturated rings. The summed E-state index contributed by atoms with van der Waals surface area (Å²) in [5, 5.41) is 5.18. The standard InChI is InChI=1S/C62H44.2C2H6.2CH4/c1-6-40-51-31-39-32-53-45(41-19-10-7-16-34(41)2)28-29-48(42-20-11-8-17-35(42)3)59(53)50-25-15-24-47(58(39)50)52(51)33-55-56(40)37(5)57-61-46-23-14-13-22-44(46)38-26-27-49(54(61)30-38)60(62(55)57)43-21-12-9-18-36(43)4;2*1-2;;/h6-29,31,33,38H,1,5,30,32H2,2-4H3;2*1-2H3;2*1H4. The first-order valence-electron chi connectivity index (χ1n) is 24.1. The number of hydrogen-bond donors (Lipinski definition) is 0. The molecule has 1 atom stereocenters. The van der Waals surface area contributed by atoms with Crippen LogP contribution < -0.4 is 0 Å². The van der Waals surface area contributed by atoms with Crippen LogP contribution in [0.5, 0.6) is 0 Å². The van der Waals surface area contributed by atoms with Gasteiger partial charge in [0.25, 0.3) is 0 Å². The van der Waals surface area contributed by atoms with E-state index in [0.29, 0.717) is 5.92 Å². The van der Waals surface area contributed by atoms with Crippen molar-refractivity contribution in [3.8, 4) is 66.8 Å². The number of rotatable bonds is 4. The van der Waals surface area contributed by atoms with Crippen LogP contribution in [0.3, 0.4) is 0 Å². The molecular formula is C68H64. The van der Waals surface area contributed by atoms with E-state index in [4.69, 9.17) is 6.58 Å². The van der Waals surface area contributed by atoms with Gasteiger partial charge in [0.2, 0.25) is 0 Å². The first kappa shape index (κ1) is 45.9. The van der Waals surface area contributed by atoms with Gasteiger partial charge in [-0.15, -0.1) is 0 Å². The molecule has 0 aliphatic heterocycles. The van der Waals surface area contributed by atoms with E-state index >= 15 is 0 Å². The topological polar surface area (TPSA) is 0 Å². The fourth-order valence-electron chi connectivity index (χ4n) is 12.2. The summed E-state index contributed by atoms with van der Waals surface area (Å²) in [7, 11) is 0. The second kappa shape index (κ2) is 17.7. The van der Waals surface area contributed by atoms with Gasteiger partial charge in [0.1, 0.15) is 0 Å². The Balaban J connectivity index is 0.000000940. The Bertz CT molecular complexity index is 3580. The molecule has 0 spiro atoms. The molecule has 0 heteroatoms. The lowest BCUT2D eigenvalue weighted by Crippen LogP contribution is -2.16. The van der Waals surface area contributed by atoms with Crippen molar-refractivity contribution in [2.75, 3.05) is 0 Å². The third-order valence-electron chi connectivity index (χ3n) is 14.9. The highest BCUT2D eigenvalue weighted by Crippen LogP contribution is 2.61. The molecule has 0 heterocycles. The van der Waals surface area contributed by atoms with Gasteiger partial charge in [-0.2, -0.15) is 0 Å². The Morgan fingerprint density at radius 3 is 1.72 bits per heavy atom. The summed E-state index contributed by atoms with van der Waals surface area (Å²) >= 11 is 0. The zero-order valence-corrected chi connectivity index (χ0v) is 39.4. The summed E-state index contributed by atoms with van der Waals surface area (Å²) in [6.45, 7) is 24.4. The molecule has 13 rings (SSSR count). The number of aryl methyl sites for hydroxylation is 3. The maximum Gasteiger partial charge on any atom is 0.00683 e. The Kier molecular flexibility index (Phi) is 12.0. The summed E-state index contributed by atoms with van der Waals surface area (Å²) in [6, 6.07) is 52.7. The van der Waals surface area contributed by atoms with E-state index in [1.54, 1.807) is 0 Å². The first-order valence-corrected chi connectivity index (χ1v) is 24.1. The van der Waals surface area contributed by atoms with Crippen molar-refractivity contribution < 1.29 is 0 Å². The molecule has 0 radical (unpaired) electrons. The molecule has 0 saturated heterocycles. The van der Waals surface area contributed by atoms with Gasteiger partial charge in [-0.3, -0.25) is 0 Å². The third kappa shape index (κ3) is 6.41. The van der Waals surface area contributed by atoms with Crippen LogP contribution in [0.15, 0.2) is 159 Å². The third-order valence-corrected chi connectivity index (χ3v) is 14.9. The zero-order valence-electron chi connectivity index (χ0n) is 39.4. The van der Waals surface area contributed by atoms with Crippen molar-refractivity contribution in [1.82, 2.24) is 0 Å². The number of hydrogen-bond acceptors (Lipinski definition) is 0. The van der Waals surface area contributed by atoms with E-state index in [9.17, 15) is 0 Å². The molecule has 68 heavy (non-hydrogen) atoms. The molecule has 9 aromatic carbocycles. The van der Waals surface area contributed by atoms with Crippen molar-refractivity contribution in [2.24, 2.45) is 0 Å². The Morgan fingerprint density at radius 1 is 0.471 bits per heavy atom. The normalized spacial score (nSPS) is 13.6. The van der Waals surface area contributed by atoms with E-state index in [0.717, 1.165) is 18.4 Å². The van der Waals surface area contributed by atoms with E-state index in [1.807, 2.05) is 27.7 Å². The maximum absolute atomic E-state index is 5.05. The minimum atomic E-state index is 0. The van der Waals surface area contributed by atoms with Gasteiger partial charge in [-0.1, -0.05) is 201 Å². The van der Waals surface area contributed by atoms with Gasteiger partial charge in [-0.25, -0.2) is 0 Å². The zero-order chi connectivity index (χ0) is 45.5. The quantitative estimate of drug-likeness (QED) is 0.155. The van der Waals surface area contributed by atoms with Gasteiger partial charge in [0, 0.05) is 5.92 Å². The van der Waals surface area contributed by atoms with Crippen LogP contribution in [-0.2, 0) is 12.8 Å². The summed E-state index contributed by atoms with van der Waals surface area (Å²) in [6.07, 6.45) is 8.87. The summed E-state index contributed by atoms with van der Waals surface area (Å²) in [4.78, 5) is 0. The van der Waals surface area contributed by atoms with Crippen molar-refractivity contribution >= 4 is 39.3 Å². The highest BCUT2D eigenvalue weighted by atomic mass is 14.4. The monoisotopic (exact) mass is 881 g/mol. The second-order valence-corrected chi connectivity index (χ2v) is 18.0. The fraction of sp³-hybridized carbons (Fsp3) is 0.176. The Morgan fingerprint density at radius 2 is 1.06 bits per heavy atom. The highest BCUT2D eigenvalue weighted by molar-refractivity contribution is 6.23. The highest BCUT2D eigenvalue weighted by Gasteiger charge is 2.39. The largest absolute Gasteiger partial charge is 0.0984 e. The lowest BCUT2D eigenvalue weighted by atomic mass is 9.69. The minimum absolute atomic E-state index is 0. The average molecular weight is 881 g/mol. The summed E-state index contributed by atoms with van der Waals surface area (Å²) in [5.41, 5.74) is 31.5. The minimum Gasteiger partial charge on any atom is -0.0984 e. The lowest BCUT2D eigenvalue weighted by molar-refractivity contribution is 0.814. The van der Waals surface area contributed by atoms with Crippen molar-refractivity contribution in [2.45, 2.75) is 82.1 Å². The number of fused-ring (bicyclic) bond motifs is 12. The van der Waals surface area contributed by atoms with Crippen molar-refractivity contribution in [3.63, 3.8) is 0 Å². The van der Waals surface area contributed by atoms with Crippen LogP contribution in [0, 0.1) is 20.8 Å². The predicted molar refractivity (Wildman–Crippen MR) is 301 cm³/mol. The smallest absolute Gasteiger partial charge is 0.00683 e. The van der Waals surface area contributed by atoms with Crippen LogP contribution in [0.4, 0.5) is 0 Å². The molecular weight excluding hydrogens is 817 g/mol. The summed E-state index contributed by atoms with van der Waals surface area (Å²) in [5.74, 6) is 0.382. The first-order chi connectivity index (χ1) is 32.4. The number of allylic oxidation sites excluding steroid dienone is 1. The van der Waals surface area contributed by atoms with Crippen molar-refractivity contribution in [3.05, 3.63) is 220 Å². The number of benzene rings is 9. The molecule has 0 amide bonds. The van der Waals surface area contributed by atoms with E-state index in [2.05, 4.69) is 185 Å². The second-order valence-electron chi connectivity index (χ2n) is 18.0. The molecule has 0 aromatic heterocycles. The molecule has 2 bridgehead atoms. The van der Waals surface area contributed by atoms with Crippen LogP contribution in [0.1, 0.15) is 110 Å². The summed E-state index contributed by atoms with van der Waals surface area (Å²) < 4.78 is 0. The molecule has 0 N–H and O–H groups in total. The van der Waals surface area contributed by atoms with E-state index in [1.165, 1.54) is 150 Å². The van der Waals surface area contributed by atoms with E-state index in [-0.39, 0.29) is 14.9 Å². The Labute approximate surface area is 406 Å². The molecule has 0 saturated carbocycles. The van der Waals surface area contributed by atoms with Crippen LogP contribution in [0.25, 0.3) is 106 Å². The molecule has 4 aliphatic carbocycles. The molecule has 1 unspecified atom stereocenters. The molecule has 4 aliphatic rings. The van der Waals surface area contributed by atoms with E-state index < -0.39 is 0 Å². The van der Waals surface area contributed by atoms with Gasteiger partial charge in [0.15, 0.2) is 0 Å². The SMILES string of the molecule is C.C.C=Cc1c2c(cc3c1cc1c4c(cccc43)-c3c(-c4ccccc4C)ccc(-c4ccccc4C)c3C1)-c1c(c3c4c(c1-c1ccccc1C)C=CC(C4)c1ccccc1-3)C2=C.CC.CC. The van der Waals surface area contributed by atoms with Gasteiger partial charge < -0.3 is 0 Å². The van der Waals surface area contributed by atoms with Crippen LogP contribution in [-0.4, -0.2) is 0 Å². The van der Waals surface area contributed by atoms with Gasteiger partial charge >= 0.3 is 0 Å². The molecule has 336 valence electrons. The van der Waals surface area contributed by atoms with Crippen LogP contribution in [0.2, 0.25) is 0 Å². The average Bonchev–Trinajstić information content (AvgIpc) is 3.65. The predicted octanol–water partition coefficient (Wildman–Crippen LogP) is 19.8. The van der Waals surface area contributed by atoms with Crippen LogP contribution >= 0.6 is 0 Å². The molecule has 9 aromatic rings. The van der Waals surface area contributed by atoms with Crippen molar-refractivity contribution in [1.29, 1.82) is 0 Å². The van der Waals surface area contributed by atoms with Gasteiger partial charge in [-0.05, 0) is 201 Å². The fourth-order valence-corrected chi connectivity index (χ4v) is 12.2. The maximum atomic E-state index is 5.05. The lowest BCUT2D eigenvalue weighted by Gasteiger charge is -2.34. The van der Waals surface area contributed by atoms with Gasteiger partial charge in [0.05, 0.1) is 0 Å². The molecule has 0 nitrogen and oxygen atoms in total. The Hall–Kier alpha value is -7.28.